The number of aromatic hydroxyl groups is 1. The summed E-state index contributed by atoms with van der Waals surface area (Å²) in [5.74, 6) is 0.762. The van der Waals surface area contributed by atoms with Crippen LogP contribution in [0.5, 0.6) is 11.5 Å². The Balaban J connectivity index is 1.52. The van der Waals surface area contributed by atoms with Crippen LogP contribution in [0, 0.1) is 19.8 Å². The third-order valence-corrected chi connectivity index (χ3v) is 8.29. The first kappa shape index (κ1) is 22.3. The van der Waals surface area contributed by atoms with E-state index in [1.807, 2.05) is 50.2 Å². The molecule has 1 aliphatic heterocycles. The maximum atomic E-state index is 13.3. The molecule has 3 aromatic carbocycles. The molecule has 3 unspecified atom stereocenters. The molecule has 1 aliphatic carbocycles. The smallest absolute Gasteiger partial charge is 0.261 e. The van der Waals surface area contributed by atoms with Crippen LogP contribution in [0.1, 0.15) is 40.6 Å². The summed E-state index contributed by atoms with van der Waals surface area (Å²) in [6.07, 6.45) is 5.10. The number of anilines is 2. The molecule has 0 amide bonds. The molecule has 0 fully saturated rings. The number of phenolic OH excluding ortho intramolecular Hbond substituents is 1. The Morgan fingerprint density at radius 3 is 2.50 bits per heavy atom. The Morgan fingerprint density at radius 1 is 1.03 bits per heavy atom. The van der Waals surface area contributed by atoms with Crippen molar-refractivity contribution in [2.75, 3.05) is 17.1 Å². The Labute approximate surface area is 200 Å². The van der Waals surface area contributed by atoms with E-state index in [-0.39, 0.29) is 28.5 Å². The van der Waals surface area contributed by atoms with E-state index >= 15 is 0 Å². The fourth-order valence-electron chi connectivity index (χ4n) is 5.17. The largest absolute Gasteiger partial charge is 0.504 e. The van der Waals surface area contributed by atoms with Gasteiger partial charge in [0.25, 0.3) is 10.0 Å². The average Bonchev–Trinajstić information content (AvgIpc) is 3.31. The highest BCUT2D eigenvalue weighted by atomic mass is 32.2. The van der Waals surface area contributed by atoms with Crippen molar-refractivity contribution < 1.29 is 18.3 Å². The lowest BCUT2D eigenvalue weighted by molar-refractivity contribution is 0.358. The second-order valence-electron chi connectivity index (χ2n) is 8.99. The normalized spacial score (nSPS) is 20.9. The summed E-state index contributed by atoms with van der Waals surface area (Å²) in [7, 11) is -2.22. The van der Waals surface area contributed by atoms with Gasteiger partial charge >= 0.3 is 0 Å². The first-order valence-corrected chi connectivity index (χ1v) is 12.8. The molecule has 5 rings (SSSR count). The number of sulfonamides is 1. The monoisotopic (exact) mass is 476 g/mol. The minimum atomic E-state index is -3.76. The van der Waals surface area contributed by atoms with Gasteiger partial charge in [0, 0.05) is 17.2 Å². The maximum absolute atomic E-state index is 13.3. The number of phenols is 1. The summed E-state index contributed by atoms with van der Waals surface area (Å²) >= 11 is 0. The first-order valence-electron chi connectivity index (χ1n) is 11.3. The molecule has 7 heteroatoms. The predicted molar refractivity (Wildman–Crippen MR) is 134 cm³/mol. The van der Waals surface area contributed by atoms with E-state index in [9.17, 15) is 13.5 Å². The van der Waals surface area contributed by atoms with Gasteiger partial charge in [-0.3, -0.25) is 4.72 Å². The SMILES string of the molecule is COc1cccc(C2Nc3ccc(S(=O)(=O)Nc4c(C)cccc4C)cc3C3C=CCC32)c1O. The quantitative estimate of drug-likeness (QED) is 0.415. The number of rotatable bonds is 5. The van der Waals surface area contributed by atoms with Crippen LogP contribution in [0.2, 0.25) is 0 Å². The zero-order chi connectivity index (χ0) is 24.0. The van der Waals surface area contributed by atoms with Crippen LogP contribution in [0.15, 0.2) is 71.6 Å². The molecule has 3 N–H and O–H groups in total. The van der Waals surface area contributed by atoms with Gasteiger partial charge < -0.3 is 15.2 Å². The summed E-state index contributed by atoms with van der Waals surface area (Å²) in [5, 5.41) is 14.3. The molecule has 1 heterocycles. The molecule has 0 saturated carbocycles. The second kappa shape index (κ2) is 8.40. The van der Waals surface area contributed by atoms with Crippen LogP contribution in [0.4, 0.5) is 11.4 Å². The summed E-state index contributed by atoms with van der Waals surface area (Å²) in [6.45, 7) is 3.79. The fraction of sp³-hybridized carbons (Fsp3) is 0.259. The van der Waals surface area contributed by atoms with Gasteiger partial charge in [0.1, 0.15) is 0 Å². The highest BCUT2D eigenvalue weighted by molar-refractivity contribution is 7.92. The molecule has 34 heavy (non-hydrogen) atoms. The number of hydrogen-bond acceptors (Lipinski definition) is 5. The third kappa shape index (κ3) is 3.70. The highest BCUT2D eigenvalue weighted by Gasteiger charge is 2.39. The number of allylic oxidation sites excluding steroid dienone is 2. The second-order valence-corrected chi connectivity index (χ2v) is 10.7. The van der Waals surface area contributed by atoms with E-state index in [4.69, 9.17) is 4.74 Å². The van der Waals surface area contributed by atoms with Crippen molar-refractivity contribution in [3.63, 3.8) is 0 Å². The summed E-state index contributed by atoms with van der Waals surface area (Å²) < 4.78 is 34.7. The zero-order valence-electron chi connectivity index (χ0n) is 19.4. The molecular weight excluding hydrogens is 448 g/mol. The van der Waals surface area contributed by atoms with Gasteiger partial charge in [-0.1, -0.05) is 42.5 Å². The zero-order valence-corrected chi connectivity index (χ0v) is 20.2. The molecule has 0 bridgehead atoms. The molecule has 6 nitrogen and oxygen atoms in total. The van der Waals surface area contributed by atoms with Crippen LogP contribution in [-0.4, -0.2) is 20.6 Å². The van der Waals surface area contributed by atoms with E-state index < -0.39 is 10.0 Å². The van der Waals surface area contributed by atoms with Crippen molar-refractivity contribution in [1.82, 2.24) is 0 Å². The number of benzene rings is 3. The Hall–Kier alpha value is -3.45. The molecule has 0 aromatic heterocycles. The van der Waals surface area contributed by atoms with Gasteiger partial charge in [-0.05, 0) is 67.1 Å². The van der Waals surface area contributed by atoms with E-state index in [1.165, 1.54) is 7.11 Å². The molecule has 3 atom stereocenters. The molecule has 0 spiro atoms. The first-order chi connectivity index (χ1) is 16.3. The lowest BCUT2D eigenvalue weighted by atomic mass is 9.77. The van der Waals surface area contributed by atoms with Crippen molar-refractivity contribution in [3.05, 3.63) is 89.0 Å². The minimum Gasteiger partial charge on any atom is -0.504 e. The topological polar surface area (TPSA) is 87.7 Å². The number of ether oxygens (including phenoxy) is 1. The van der Waals surface area contributed by atoms with Crippen LogP contribution >= 0.6 is 0 Å². The summed E-state index contributed by atoms with van der Waals surface area (Å²) in [4.78, 5) is 0.234. The van der Waals surface area contributed by atoms with E-state index in [2.05, 4.69) is 22.2 Å². The highest BCUT2D eigenvalue weighted by Crippen LogP contribution is 2.52. The van der Waals surface area contributed by atoms with Crippen LogP contribution in [-0.2, 0) is 10.0 Å². The van der Waals surface area contributed by atoms with Crippen molar-refractivity contribution in [2.24, 2.45) is 5.92 Å². The average molecular weight is 477 g/mol. The van der Waals surface area contributed by atoms with E-state index in [0.717, 1.165) is 34.4 Å². The number of hydrogen-bond donors (Lipinski definition) is 3. The molecule has 3 aromatic rings. The Morgan fingerprint density at radius 2 is 1.76 bits per heavy atom. The van der Waals surface area contributed by atoms with Gasteiger partial charge in [-0.15, -0.1) is 0 Å². The van der Waals surface area contributed by atoms with Gasteiger partial charge in [-0.2, -0.15) is 0 Å². The van der Waals surface area contributed by atoms with Gasteiger partial charge in [0.15, 0.2) is 11.5 Å². The third-order valence-electron chi connectivity index (χ3n) is 6.95. The standard InChI is InChI=1S/C27H28N2O4S/c1-16-7-4-8-17(2)25(16)29-34(31,32)18-13-14-23-22(15-18)19-9-5-10-20(19)26(28-23)21-11-6-12-24(33-3)27(21)30/h4-9,11-15,19-20,26,28-30H,10H2,1-3H3. The molecule has 0 saturated heterocycles. The van der Waals surface area contributed by atoms with Crippen molar-refractivity contribution in [2.45, 2.75) is 37.1 Å². The lowest BCUT2D eigenvalue weighted by Crippen LogP contribution is -2.29. The predicted octanol–water partition coefficient (Wildman–Crippen LogP) is 5.64. The number of nitrogens with one attached hydrogen (secondary N) is 2. The fourth-order valence-corrected chi connectivity index (χ4v) is 6.41. The van der Waals surface area contributed by atoms with E-state index in [0.29, 0.717) is 11.4 Å². The maximum Gasteiger partial charge on any atom is 0.261 e. The molecular formula is C27H28N2O4S. The lowest BCUT2D eigenvalue weighted by Gasteiger charge is -2.38. The van der Waals surface area contributed by atoms with Crippen LogP contribution in [0.25, 0.3) is 0 Å². The van der Waals surface area contributed by atoms with Crippen molar-refractivity contribution in [3.8, 4) is 11.5 Å². The Bertz CT molecular complexity index is 1380. The van der Waals surface area contributed by atoms with Crippen molar-refractivity contribution in [1.29, 1.82) is 0 Å². The van der Waals surface area contributed by atoms with Crippen LogP contribution in [0.3, 0.4) is 0 Å². The number of aryl methyl sites for hydroxylation is 2. The number of fused-ring (bicyclic) bond motifs is 3. The molecule has 176 valence electrons. The van der Waals surface area contributed by atoms with Gasteiger partial charge in [0.05, 0.1) is 23.7 Å². The summed E-state index contributed by atoms with van der Waals surface area (Å²) in [5.41, 5.74) is 4.96. The number of methoxy groups -OCH3 is 1. The molecule has 2 aliphatic rings. The summed E-state index contributed by atoms with van der Waals surface area (Å²) in [6, 6.07) is 16.3. The van der Waals surface area contributed by atoms with Gasteiger partial charge in [0.2, 0.25) is 0 Å². The Kier molecular flexibility index (Phi) is 5.52. The van der Waals surface area contributed by atoms with Gasteiger partial charge in [-0.25, -0.2) is 8.42 Å². The number of para-hydroxylation sites is 2. The van der Waals surface area contributed by atoms with Crippen molar-refractivity contribution >= 4 is 21.4 Å². The minimum absolute atomic E-state index is 0.0437. The van der Waals surface area contributed by atoms with E-state index in [1.54, 1.807) is 18.2 Å². The van der Waals surface area contributed by atoms with Crippen LogP contribution < -0.4 is 14.8 Å². The molecule has 0 radical (unpaired) electrons.